The Morgan fingerprint density at radius 2 is 2.08 bits per heavy atom. The van der Waals surface area contributed by atoms with Crippen LogP contribution in [0.2, 0.25) is 0 Å². The number of carbonyl (C=O) groups is 1. The summed E-state index contributed by atoms with van der Waals surface area (Å²) in [6, 6.07) is 4.90. The largest absolute Gasteiger partial charge is 0.386 e. The third-order valence-electron chi connectivity index (χ3n) is 6.54. The predicted molar refractivity (Wildman–Crippen MR) is 153 cm³/mol. The van der Waals surface area contributed by atoms with E-state index in [9.17, 15) is 13.6 Å². The molecule has 0 saturated carbocycles. The highest BCUT2D eigenvalue weighted by Gasteiger charge is 2.46. The second-order valence-electron chi connectivity index (χ2n) is 9.40. The number of aromatic nitrogens is 1. The smallest absolute Gasteiger partial charge is 0.265 e. The average Bonchev–Trinajstić information content (AvgIpc) is 2.90. The molecule has 2 rings (SSSR count). The van der Waals surface area contributed by atoms with Gasteiger partial charge in [0.15, 0.2) is 0 Å². The number of nitrogens with zero attached hydrogens (tertiary/aromatic N) is 3. The van der Waals surface area contributed by atoms with E-state index in [1.54, 1.807) is 50.7 Å². The summed E-state index contributed by atoms with van der Waals surface area (Å²) in [5.41, 5.74) is 2.33. The molecule has 6 nitrogen and oxygen atoms in total. The van der Waals surface area contributed by atoms with Gasteiger partial charge in [-0.1, -0.05) is 56.7 Å². The zero-order valence-electron chi connectivity index (χ0n) is 23.2. The van der Waals surface area contributed by atoms with Gasteiger partial charge in [-0.25, -0.2) is 13.8 Å². The lowest BCUT2D eigenvalue weighted by atomic mass is 9.87. The molecule has 1 aromatic heterocycles. The van der Waals surface area contributed by atoms with E-state index in [0.717, 1.165) is 12.0 Å². The van der Waals surface area contributed by atoms with Crippen LogP contribution >= 0.6 is 11.6 Å². The van der Waals surface area contributed by atoms with E-state index in [2.05, 4.69) is 20.6 Å². The number of rotatable bonds is 11. The van der Waals surface area contributed by atoms with Gasteiger partial charge in [0, 0.05) is 32.4 Å². The van der Waals surface area contributed by atoms with Crippen LogP contribution in [0.5, 0.6) is 0 Å². The third-order valence-corrected chi connectivity index (χ3v) is 6.85. The summed E-state index contributed by atoms with van der Waals surface area (Å²) in [5, 5.41) is 6.87. The van der Waals surface area contributed by atoms with E-state index in [1.807, 2.05) is 39.8 Å². The number of nitrogens with one attached hydrogen (secondary N) is 2. The highest BCUT2D eigenvalue weighted by atomic mass is 35.5. The molecular formula is C29H40ClF2N5O. The van der Waals surface area contributed by atoms with Crippen molar-refractivity contribution in [2.75, 3.05) is 20.1 Å². The number of pyridine rings is 1. The monoisotopic (exact) mass is 547 g/mol. The number of aliphatic imine (C=N–C) groups is 1. The molecule has 1 saturated heterocycles. The van der Waals surface area contributed by atoms with E-state index in [4.69, 9.17) is 11.6 Å². The number of likely N-dealkylation sites (tertiary alicyclic amines) is 1. The zero-order chi connectivity index (χ0) is 28.3. The van der Waals surface area contributed by atoms with Crippen LogP contribution in [-0.4, -0.2) is 54.1 Å². The normalized spacial score (nSPS) is 21.4. The van der Waals surface area contributed by atoms with Crippen LogP contribution in [0.4, 0.5) is 8.78 Å². The Labute approximate surface area is 230 Å². The number of alkyl halides is 2. The van der Waals surface area contributed by atoms with Gasteiger partial charge in [-0.15, -0.1) is 0 Å². The van der Waals surface area contributed by atoms with Crippen LogP contribution in [0.15, 0.2) is 69.6 Å². The molecule has 9 heteroatoms. The fraction of sp³-hybridized carbons (Fsp3) is 0.483. The highest BCUT2D eigenvalue weighted by Crippen LogP contribution is 2.35. The van der Waals surface area contributed by atoms with Crippen LogP contribution in [0.1, 0.15) is 59.6 Å². The van der Waals surface area contributed by atoms with E-state index in [-0.39, 0.29) is 13.0 Å². The quantitative estimate of drug-likeness (QED) is 0.194. The van der Waals surface area contributed by atoms with Crippen molar-refractivity contribution in [3.63, 3.8) is 0 Å². The summed E-state index contributed by atoms with van der Waals surface area (Å²) < 4.78 is 29.7. The van der Waals surface area contributed by atoms with Gasteiger partial charge < -0.3 is 15.5 Å². The number of amides is 1. The summed E-state index contributed by atoms with van der Waals surface area (Å²) in [4.78, 5) is 24.2. The summed E-state index contributed by atoms with van der Waals surface area (Å²) in [6.45, 7) is 9.10. The summed E-state index contributed by atoms with van der Waals surface area (Å²) >= 11 is 6.10. The molecule has 2 N–H and O–H groups in total. The average molecular weight is 548 g/mol. The van der Waals surface area contributed by atoms with E-state index in [0.29, 0.717) is 34.2 Å². The Hall–Kier alpha value is -3.00. The molecule has 38 heavy (non-hydrogen) atoms. The Balaban J connectivity index is 2.52. The highest BCUT2D eigenvalue weighted by molar-refractivity contribution is 6.39. The molecule has 2 atom stereocenters. The van der Waals surface area contributed by atoms with Crippen molar-refractivity contribution in [2.45, 2.75) is 65.8 Å². The molecule has 1 aliphatic rings. The molecule has 0 aliphatic carbocycles. The molecule has 1 amide bonds. The van der Waals surface area contributed by atoms with Crippen molar-refractivity contribution in [3.8, 4) is 0 Å². The standard InChI is InChI=1S/C29H40ClF2N5O/c1-7-10-13-23(26(33-6)24-14-11-12-15-34-24)28(38)37-19-29(31,32)16-21(5)25(37)18-36-27(20(4)8-2)35-17-22(30)9-3/h9-15,17,21,25,33,36H,7-8,16,18-19H2,1-6H3/b13-10+,22-9+,26-23+,27-20+,35-17-. The SMILES string of the molecule is C\C=C(Cl)/C=N\C(NCC1C(C)CC(F)(F)CN1C(=O)C(/C=C/CC)=C(/NC)c1ccccn1)=C(\C)CC. The van der Waals surface area contributed by atoms with Crippen molar-refractivity contribution in [2.24, 2.45) is 10.9 Å². The lowest BCUT2D eigenvalue weighted by Crippen LogP contribution is -2.58. The molecule has 2 unspecified atom stereocenters. The van der Waals surface area contributed by atoms with Gasteiger partial charge >= 0.3 is 0 Å². The molecule has 1 aromatic rings. The number of halogens is 3. The molecule has 2 heterocycles. The van der Waals surface area contributed by atoms with Gasteiger partial charge in [0.1, 0.15) is 5.82 Å². The Bertz CT molecular complexity index is 1100. The van der Waals surface area contributed by atoms with Gasteiger partial charge in [0.25, 0.3) is 11.8 Å². The summed E-state index contributed by atoms with van der Waals surface area (Å²) in [5.74, 6) is -3.30. The maximum absolute atomic E-state index is 14.9. The van der Waals surface area contributed by atoms with E-state index >= 15 is 0 Å². The van der Waals surface area contributed by atoms with E-state index in [1.165, 1.54) is 4.90 Å². The minimum atomic E-state index is -2.99. The Morgan fingerprint density at radius 3 is 2.66 bits per heavy atom. The Kier molecular flexibility index (Phi) is 12.2. The first kappa shape index (κ1) is 31.2. The topological polar surface area (TPSA) is 69.6 Å². The van der Waals surface area contributed by atoms with Gasteiger partial charge in [0.2, 0.25) is 0 Å². The maximum atomic E-state index is 14.9. The van der Waals surface area contributed by atoms with Crippen LogP contribution in [0.25, 0.3) is 5.70 Å². The minimum absolute atomic E-state index is 0.268. The van der Waals surface area contributed by atoms with E-state index < -0.39 is 30.3 Å². The first-order valence-electron chi connectivity index (χ1n) is 13.1. The number of piperidine rings is 1. The van der Waals surface area contributed by atoms with Gasteiger partial charge in [-0.05, 0) is 50.3 Å². The van der Waals surface area contributed by atoms with Crippen LogP contribution in [0, 0.1) is 5.92 Å². The number of hydrogen-bond acceptors (Lipinski definition) is 5. The maximum Gasteiger partial charge on any atom is 0.265 e. The minimum Gasteiger partial charge on any atom is -0.386 e. The second kappa shape index (κ2) is 14.8. The van der Waals surface area contributed by atoms with Crippen molar-refractivity contribution < 1.29 is 13.6 Å². The molecule has 1 fully saturated rings. The molecule has 0 radical (unpaired) electrons. The number of hydrogen-bond donors (Lipinski definition) is 2. The lowest BCUT2D eigenvalue weighted by molar-refractivity contribution is -0.148. The van der Waals surface area contributed by atoms with Crippen LogP contribution < -0.4 is 10.6 Å². The molecule has 1 aliphatic heterocycles. The summed E-state index contributed by atoms with van der Waals surface area (Å²) in [6.07, 6.45) is 9.58. The molecule has 0 bridgehead atoms. The number of allylic oxidation sites excluding steroid dienone is 4. The molecular weight excluding hydrogens is 508 g/mol. The third kappa shape index (κ3) is 8.51. The van der Waals surface area contributed by atoms with Crippen molar-refractivity contribution in [3.05, 3.63) is 70.3 Å². The van der Waals surface area contributed by atoms with Crippen LogP contribution in [0.3, 0.4) is 0 Å². The zero-order valence-corrected chi connectivity index (χ0v) is 23.9. The molecule has 0 spiro atoms. The molecule has 208 valence electrons. The van der Waals surface area contributed by atoms with Gasteiger partial charge in [-0.2, -0.15) is 0 Å². The Morgan fingerprint density at radius 1 is 1.34 bits per heavy atom. The fourth-order valence-corrected chi connectivity index (χ4v) is 4.37. The van der Waals surface area contributed by atoms with Crippen LogP contribution in [-0.2, 0) is 4.79 Å². The van der Waals surface area contributed by atoms with Crippen molar-refractivity contribution >= 4 is 29.4 Å². The van der Waals surface area contributed by atoms with Gasteiger partial charge in [0.05, 0.1) is 34.6 Å². The molecule has 0 aromatic carbocycles. The first-order valence-corrected chi connectivity index (χ1v) is 13.4. The summed E-state index contributed by atoms with van der Waals surface area (Å²) in [7, 11) is 1.70. The first-order chi connectivity index (χ1) is 18.1. The van der Waals surface area contributed by atoms with Crippen molar-refractivity contribution in [1.29, 1.82) is 0 Å². The van der Waals surface area contributed by atoms with Crippen molar-refractivity contribution in [1.82, 2.24) is 20.5 Å². The predicted octanol–water partition coefficient (Wildman–Crippen LogP) is 6.30. The fourth-order valence-electron chi connectivity index (χ4n) is 4.32. The van der Waals surface area contributed by atoms with Gasteiger partial charge in [-0.3, -0.25) is 9.78 Å². The number of carbonyl (C=O) groups excluding carboxylic acids is 1. The second-order valence-corrected chi connectivity index (χ2v) is 9.83. The lowest BCUT2D eigenvalue weighted by Gasteiger charge is -2.44.